The summed E-state index contributed by atoms with van der Waals surface area (Å²) in [6.45, 7) is 5.19. The minimum atomic E-state index is -0.473. The number of allylic oxidation sites excluding steroid dienone is 1. The second-order valence-electron chi connectivity index (χ2n) is 4.68. The van der Waals surface area contributed by atoms with Gasteiger partial charge in [-0.1, -0.05) is 6.58 Å². The summed E-state index contributed by atoms with van der Waals surface area (Å²) in [6, 6.07) is 1.33. The van der Waals surface area contributed by atoms with Gasteiger partial charge in [-0.05, 0) is 25.3 Å². The van der Waals surface area contributed by atoms with Crippen molar-refractivity contribution in [3.63, 3.8) is 0 Å². The third-order valence-corrected chi connectivity index (χ3v) is 2.98. The highest BCUT2D eigenvalue weighted by Gasteiger charge is 2.25. The fourth-order valence-corrected chi connectivity index (χ4v) is 2.18. The molecule has 2 rings (SSSR count). The van der Waals surface area contributed by atoms with Gasteiger partial charge in [0.25, 0.3) is 5.91 Å². The van der Waals surface area contributed by atoms with Gasteiger partial charge in [0, 0.05) is 24.6 Å². The Hall–Kier alpha value is -2.17. The van der Waals surface area contributed by atoms with Gasteiger partial charge in [-0.25, -0.2) is 4.79 Å². The van der Waals surface area contributed by atoms with E-state index in [1.54, 1.807) is 0 Å². The van der Waals surface area contributed by atoms with E-state index in [0.29, 0.717) is 48.3 Å². The highest BCUT2D eigenvalue weighted by atomic mass is 16.4. The van der Waals surface area contributed by atoms with Crippen LogP contribution in [0.4, 0.5) is 0 Å². The lowest BCUT2D eigenvalue weighted by molar-refractivity contribution is -0.117. The average Bonchev–Trinajstić information content (AvgIpc) is 2.26. The lowest BCUT2D eigenvalue weighted by atomic mass is 9.97. The Morgan fingerprint density at radius 2 is 2.21 bits per heavy atom. The number of carbonyl (C=O) groups excluding carboxylic acids is 2. The molecule has 19 heavy (non-hydrogen) atoms. The van der Waals surface area contributed by atoms with E-state index < -0.39 is 5.63 Å². The molecule has 100 valence electrons. The van der Waals surface area contributed by atoms with Crippen molar-refractivity contribution in [2.75, 3.05) is 0 Å². The van der Waals surface area contributed by atoms with Crippen LogP contribution in [-0.4, -0.2) is 11.7 Å². The summed E-state index contributed by atoms with van der Waals surface area (Å²) in [6.07, 6.45) is 1.88. The standard InChI is InChI=1S/C14H15NO4/c1-8-6-11-13(14(18)15-8)10(7-12(17)19-11)5-3-4-9(2)16/h7H,1,3-6H2,2H3,(H,15,18). The van der Waals surface area contributed by atoms with Gasteiger partial charge in [-0.3, -0.25) is 4.79 Å². The van der Waals surface area contributed by atoms with Crippen molar-refractivity contribution in [2.24, 2.45) is 0 Å². The van der Waals surface area contributed by atoms with Crippen LogP contribution in [0.3, 0.4) is 0 Å². The van der Waals surface area contributed by atoms with Crippen LogP contribution in [0.2, 0.25) is 0 Å². The van der Waals surface area contributed by atoms with Crippen molar-refractivity contribution in [3.05, 3.63) is 45.6 Å². The first-order chi connectivity index (χ1) is 8.97. The van der Waals surface area contributed by atoms with E-state index in [0.717, 1.165) is 0 Å². The van der Waals surface area contributed by atoms with Crippen LogP contribution in [-0.2, 0) is 17.6 Å². The Morgan fingerprint density at radius 1 is 1.47 bits per heavy atom. The van der Waals surface area contributed by atoms with Crippen LogP contribution < -0.4 is 10.9 Å². The number of carbonyl (C=O) groups is 2. The molecule has 5 nitrogen and oxygen atoms in total. The molecule has 0 aliphatic carbocycles. The molecule has 5 heteroatoms. The van der Waals surface area contributed by atoms with Crippen LogP contribution in [0.15, 0.2) is 27.6 Å². The molecule has 0 spiro atoms. The van der Waals surface area contributed by atoms with Gasteiger partial charge in [0.15, 0.2) is 0 Å². The first-order valence-electron chi connectivity index (χ1n) is 6.12. The van der Waals surface area contributed by atoms with Gasteiger partial charge in [0.2, 0.25) is 0 Å². The molecule has 0 bridgehead atoms. The quantitative estimate of drug-likeness (QED) is 0.887. The van der Waals surface area contributed by atoms with Crippen LogP contribution in [0.1, 0.15) is 41.4 Å². The second kappa shape index (κ2) is 5.22. The highest BCUT2D eigenvalue weighted by Crippen LogP contribution is 2.21. The van der Waals surface area contributed by atoms with Crippen LogP contribution in [0.25, 0.3) is 0 Å². The van der Waals surface area contributed by atoms with Crippen molar-refractivity contribution >= 4 is 11.7 Å². The molecule has 0 saturated heterocycles. The highest BCUT2D eigenvalue weighted by molar-refractivity contribution is 5.98. The van der Waals surface area contributed by atoms with E-state index in [4.69, 9.17) is 4.42 Å². The molecule has 0 fully saturated rings. The predicted octanol–water partition coefficient (Wildman–Crippen LogP) is 1.35. The van der Waals surface area contributed by atoms with E-state index in [1.807, 2.05) is 0 Å². The summed E-state index contributed by atoms with van der Waals surface area (Å²) in [5.74, 6) is 0.154. The molecule has 0 atom stereocenters. The van der Waals surface area contributed by atoms with E-state index in [1.165, 1.54) is 13.0 Å². The zero-order valence-electron chi connectivity index (χ0n) is 10.7. The molecule has 1 aromatic heterocycles. The summed E-state index contributed by atoms with van der Waals surface area (Å²) < 4.78 is 5.06. The number of hydrogen-bond acceptors (Lipinski definition) is 4. The van der Waals surface area contributed by atoms with Crippen molar-refractivity contribution in [1.29, 1.82) is 0 Å². The molecule has 0 aromatic carbocycles. The van der Waals surface area contributed by atoms with Gasteiger partial charge in [-0.15, -0.1) is 0 Å². The molecule has 0 unspecified atom stereocenters. The minimum Gasteiger partial charge on any atom is -0.427 e. The topological polar surface area (TPSA) is 76.4 Å². The molecule has 1 amide bonds. The fourth-order valence-electron chi connectivity index (χ4n) is 2.18. The van der Waals surface area contributed by atoms with Crippen molar-refractivity contribution in [2.45, 2.75) is 32.6 Å². The summed E-state index contributed by atoms with van der Waals surface area (Å²) in [5.41, 5.74) is 1.09. The molecular formula is C14H15NO4. The van der Waals surface area contributed by atoms with Gasteiger partial charge >= 0.3 is 5.63 Å². The van der Waals surface area contributed by atoms with Gasteiger partial charge < -0.3 is 14.5 Å². The molecule has 2 heterocycles. The minimum absolute atomic E-state index is 0.0923. The fraction of sp³-hybridized carbons (Fsp3) is 0.357. The third-order valence-electron chi connectivity index (χ3n) is 2.98. The van der Waals surface area contributed by atoms with E-state index in [2.05, 4.69) is 11.9 Å². The SMILES string of the molecule is C=C1Cc2oc(=O)cc(CCCC(C)=O)c2C(=O)N1. The number of Topliss-reactive ketones (excluding diaryl/α,β-unsaturated/α-hetero) is 1. The zero-order valence-corrected chi connectivity index (χ0v) is 10.7. The molecule has 0 saturated carbocycles. The predicted molar refractivity (Wildman–Crippen MR) is 68.9 cm³/mol. The molecule has 1 aliphatic heterocycles. The average molecular weight is 261 g/mol. The summed E-state index contributed by atoms with van der Waals surface area (Å²) in [4.78, 5) is 34.3. The first-order valence-corrected chi connectivity index (χ1v) is 6.12. The molecule has 0 radical (unpaired) electrons. The van der Waals surface area contributed by atoms with Crippen molar-refractivity contribution in [3.8, 4) is 0 Å². The van der Waals surface area contributed by atoms with E-state index >= 15 is 0 Å². The Labute approximate surface area is 110 Å². The Bertz CT molecular complexity index is 612. The van der Waals surface area contributed by atoms with Crippen LogP contribution in [0, 0.1) is 0 Å². The van der Waals surface area contributed by atoms with Gasteiger partial charge in [0.05, 0.1) is 5.56 Å². The van der Waals surface area contributed by atoms with E-state index in [9.17, 15) is 14.4 Å². The number of nitrogens with one attached hydrogen (secondary N) is 1. The maximum Gasteiger partial charge on any atom is 0.336 e. The van der Waals surface area contributed by atoms with Crippen LogP contribution >= 0.6 is 0 Å². The summed E-state index contributed by atoms with van der Waals surface area (Å²) in [5, 5.41) is 2.63. The lowest BCUT2D eigenvalue weighted by Crippen LogP contribution is -2.32. The largest absolute Gasteiger partial charge is 0.427 e. The Balaban J connectivity index is 2.33. The smallest absolute Gasteiger partial charge is 0.336 e. The number of amides is 1. The molecule has 1 aromatic rings. The normalized spacial score (nSPS) is 13.9. The van der Waals surface area contributed by atoms with E-state index in [-0.39, 0.29) is 11.7 Å². The van der Waals surface area contributed by atoms with Gasteiger partial charge in [-0.2, -0.15) is 0 Å². The summed E-state index contributed by atoms with van der Waals surface area (Å²) in [7, 11) is 0. The zero-order chi connectivity index (χ0) is 14.0. The van der Waals surface area contributed by atoms with Gasteiger partial charge in [0.1, 0.15) is 11.5 Å². The maximum atomic E-state index is 11.9. The first kappa shape index (κ1) is 13.3. The number of aryl methyl sites for hydroxylation is 1. The second-order valence-corrected chi connectivity index (χ2v) is 4.68. The Kier molecular flexibility index (Phi) is 3.64. The third kappa shape index (κ3) is 2.99. The molecule has 1 N–H and O–H groups in total. The monoisotopic (exact) mass is 261 g/mol. The number of fused-ring (bicyclic) bond motifs is 1. The molecular weight excluding hydrogens is 246 g/mol. The number of ketones is 1. The number of rotatable bonds is 4. The molecule has 1 aliphatic rings. The van der Waals surface area contributed by atoms with Crippen molar-refractivity contribution in [1.82, 2.24) is 5.32 Å². The number of hydrogen-bond donors (Lipinski definition) is 1. The van der Waals surface area contributed by atoms with Crippen molar-refractivity contribution < 1.29 is 14.0 Å². The maximum absolute atomic E-state index is 11.9. The Morgan fingerprint density at radius 3 is 2.89 bits per heavy atom. The lowest BCUT2D eigenvalue weighted by Gasteiger charge is -2.19. The van der Waals surface area contributed by atoms with Crippen LogP contribution in [0.5, 0.6) is 0 Å². The summed E-state index contributed by atoms with van der Waals surface area (Å²) >= 11 is 0.